The molecule has 3 nitrogen and oxygen atoms in total. The molecule has 0 heterocycles. The Morgan fingerprint density at radius 1 is 1.40 bits per heavy atom. The van der Waals surface area contributed by atoms with Crippen LogP contribution in [0.1, 0.15) is 53.9 Å². The summed E-state index contributed by atoms with van der Waals surface area (Å²) in [5.74, 6) is 0.344. The van der Waals surface area contributed by atoms with E-state index in [1.165, 1.54) is 5.57 Å². The Labute approximate surface area is 122 Å². The quantitative estimate of drug-likeness (QED) is 0.553. The van der Waals surface area contributed by atoms with Crippen LogP contribution in [0.15, 0.2) is 11.6 Å². The minimum absolute atomic E-state index is 0. The second-order valence-electron chi connectivity index (χ2n) is 6.06. The average molecular weight is 287 g/mol. The molecule has 1 aliphatic rings. The standard InChI is InChI=1S/C16H29NO2.FH/c1-6-17(7-2)12-15(18)19-16(4,5)14-10-8-13(3)9-11-14;/h8,14H,6-7,9-12H2,1-5H3;1H. The molecule has 1 rings (SSSR count). The predicted molar refractivity (Wildman–Crippen MR) is 81.6 cm³/mol. The van der Waals surface area contributed by atoms with E-state index in [0.717, 1.165) is 32.4 Å². The van der Waals surface area contributed by atoms with E-state index in [1.54, 1.807) is 0 Å². The summed E-state index contributed by atoms with van der Waals surface area (Å²) in [6, 6.07) is 0. The zero-order valence-electron chi connectivity index (χ0n) is 13.6. The van der Waals surface area contributed by atoms with Crippen LogP contribution in [-0.4, -0.2) is 36.1 Å². The Bertz CT molecular complexity index is 335. The number of halogens is 1. The maximum Gasteiger partial charge on any atom is 0.320 e. The van der Waals surface area contributed by atoms with E-state index < -0.39 is 0 Å². The average Bonchev–Trinajstić information content (AvgIpc) is 2.35. The van der Waals surface area contributed by atoms with Gasteiger partial charge in [-0.25, -0.2) is 0 Å². The van der Waals surface area contributed by atoms with E-state index in [1.807, 2.05) is 13.8 Å². The first-order valence-electron chi connectivity index (χ1n) is 7.48. The van der Waals surface area contributed by atoms with Crippen LogP contribution in [0.5, 0.6) is 0 Å². The molecule has 0 aliphatic heterocycles. The molecule has 0 saturated heterocycles. The summed E-state index contributed by atoms with van der Waals surface area (Å²) in [4.78, 5) is 14.1. The molecule has 118 valence electrons. The molecular formula is C16H30FNO2. The smallest absolute Gasteiger partial charge is 0.320 e. The van der Waals surface area contributed by atoms with Crippen LogP contribution in [0.4, 0.5) is 4.70 Å². The molecule has 4 heteroatoms. The van der Waals surface area contributed by atoms with Crippen LogP contribution >= 0.6 is 0 Å². The molecule has 1 unspecified atom stereocenters. The lowest BCUT2D eigenvalue weighted by Gasteiger charge is -2.36. The highest BCUT2D eigenvalue weighted by atomic mass is 19.0. The molecule has 0 spiro atoms. The molecular weight excluding hydrogens is 257 g/mol. The van der Waals surface area contributed by atoms with Gasteiger partial charge < -0.3 is 4.74 Å². The minimum Gasteiger partial charge on any atom is -0.458 e. The van der Waals surface area contributed by atoms with Crippen molar-refractivity contribution in [2.75, 3.05) is 19.6 Å². The van der Waals surface area contributed by atoms with Crippen molar-refractivity contribution in [3.63, 3.8) is 0 Å². The van der Waals surface area contributed by atoms with Crippen LogP contribution in [-0.2, 0) is 9.53 Å². The molecule has 0 aromatic carbocycles. The number of likely N-dealkylation sites (N-methyl/N-ethyl adjacent to an activating group) is 1. The number of rotatable bonds is 6. The molecule has 0 radical (unpaired) electrons. The summed E-state index contributed by atoms with van der Waals surface area (Å²) >= 11 is 0. The van der Waals surface area contributed by atoms with Gasteiger partial charge in [-0.1, -0.05) is 25.5 Å². The third kappa shape index (κ3) is 5.61. The fraction of sp³-hybridized carbons (Fsp3) is 0.812. The number of hydrogen-bond donors (Lipinski definition) is 0. The summed E-state index contributed by atoms with van der Waals surface area (Å²) in [7, 11) is 0. The number of carbonyl (C=O) groups excluding carboxylic acids is 1. The van der Waals surface area contributed by atoms with Gasteiger partial charge in [0.15, 0.2) is 0 Å². The number of carbonyl (C=O) groups is 1. The number of allylic oxidation sites excluding steroid dienone is 2. The summed E-state index contributed by atoms with van der Waals surface area (Å²) in [6.45, 7) is 12.6. The van der Waals surface area contributed by atoms with Gasteiger partial charge in [-0.15, -0.1) is 0 Å². The van der Waals surface area contributed by atoms with Crippen LogP contribution in [0.25, 0.3) is 0 Å². The van der Waals surface area contributed by atoms with Gasteiger partial charge in [0.25, 0.3) is 0 Å². The van der Waals surface area contributed by atoms with Crippen molar-refractivity contribution in [3.8, 4) is 0 Å². The van der Waals surface area contributed by atoms with Crippen molar-refractivity contribution in [2.24, 2.45) is 5.92 Å². The van der Waals surface area contributed by atoms with Crippen molar-refractivity contribution in [3.05, 3.63) is 11.6 Å². The Balaban J connectivity index is 0.00000361. The van der Waals surface area contributed by atoms with E-state index in [-0.39, 0.29) is 16.3 Å². The van der Waals surface area contributed by atoms with Crippen LogP contribution in [0, 0.1) is 5.92 Å². The van der Waals surface area contributed by atoms with Gasteiger partial charge in [0.2, 0.25) is 0 Å². The normalized spacial score (nSPS) is 19.3. The van der Waals surface area contributed by atoms with Crippen molar-refractivity contribution >= 4 is 5.97 Å². The highest BCUT2D eigenvalue weighted by molar-refractivity contribution is 5.72. The Kier molecular flexibility index (Phi) is 8.02. The molecule has 1 aliphatic carbocycles. The Morgan fingerprint density at radius 2 is 2.00 bits per heavy atom. The lowest BCUT2D eigenvalue weighted by Crippen LogP contribution is -2.41. The second-order valence-corrected chi connectivity index (χ2v) is 6.06. The summed E-state index contributed by atoms with van der Waals surface area (Å²) in [5, 5.41) is 0. The van der Waals surface area contributed by atoms with Crippen LogP contribution < -0.4 is 0 Å². The second kappa shape index (κ2) is 8.40. The fourth-order valence-corrected chi connectivity index (χ4v) is 2.64. The highest BCUT2D eigenvalue weighted by Gasteiger charge is 2.33. The number of hydrogen-bond acceptors (Lipinski definition) is 3. The fourth-order valence-electron chi connectivity index (χ4n) is 2.64. The van der Waals surface area contributed by atoms with Crippen LogP contribution in [0.2, 0.25) is 0 Å². The minimum atomic E-state index is -0.360. The van der Waals surface area contributed by atoms with Crippen LogP contribution in [0.3, 0.4) is 0 Å². The van der Waals surface area contributed by atoms with E-state index in [9.17, 15) is 4.79 Å². The zero-order chi connectivity index (χ0) is 14.5. The van der Waals surface area contributed by atoms with Crippen molar-refractivity contribution < 1.29 is 14.2 Å². The van der Waals surface area contributed by atoms with Gasteiger partial charge in [-0.2, -0.15) is 0 Å². The summed E-state index contributed by atoms with van der Waals surface area (Å²) < 4.78 is 5.74. The first-order valence-corrected chi connectivity index (χ1v) is 7.48. The molecule has 1 atom stereocenters. The molecule has 0 aromatic rings. The number of esters is 1. The van der Waals surface area contributed by atoms with Gasteiger partial charge in [0.05, 0.1) is 6.54 Å². The van der Waals surface area contributed by atoms with E-state index in [0.29, 0.717) is 12.5 Å². The van der Waals surface area contributed by atoms with E-state index >= 15 is 0 Å². The summed E-state index contributed by atoms with van der Waals surface area (Å²) in [5.41, 5.74) is 1.10. The lowest BCUT2D eigenvalue weighted by molar-refractivity contribution is -0.163. The first-order chi connectivity index (χ1) is 8.89. The lowest BCUT2D eigenvalue weighted by atomic mass is 9.79. The topological polar surface area (TPSA) is 29.5 Å². The Morgan fingerprint density at radius 3 is 2.45 bits per heavy atom. The largest absolute Gasteiger partial charge is 0.458 e. The zero-order valence-corrected chi connectivity index (χ0v) is 13.6. The molecule has 0 N–H and O–H groups in total. The maximum atomic E-state index is 12.0. The van der Waals surface area contributed by atoms with Gasteiger partial charge in [-0.3, -0.25) is 14.4 Å². The third-order valence-corrected chi connectivity index (χ3v) is 4.25. The third-order valence-electron chi connectivity index (χ3n) is 4.25. The number of nitrogens with zero attached hydrogens (tertiary/aromatic N) is 1. The van der Waals surface area contributed by atoms with Gasteiger partial charge >= 0.3 is 5.97 Å². The monoisotopic (exact) mass is 287 g/mol. The van der Waals surface area contributed by atoms with E-state index in [4.69, 9.17) is 4.74 Å². The molecule has 0 bridgehead atoms. The molecule has 0 aromatic heterocycles. The molecule has 20 heavy (non-hydrogen) atoms. The molecule has 0 amide bonds. The van der Waals surface area contributed by atoms with Crippen molar-refractivity contribution in [2.45, 2.75) is 59.5 Å². The van der Waals surface area contributed by atoms with Crippen molar-refractivity contribution in [1.82, 2.24) is 4.90 Å². The molecule has 0 saturated carbocycles. The molecule has 0 fully saturated rings. The van der Waals surface area contributed by atoms with E-state index in [2.05, 4.69) is 31.7 Å². The summed E-state index contributed by atoms with van der Waals surface area (Å²) in [6.07, 6.45) is 5.56. The van der Waals surface area contributed by atoms with Gasteiger partial charge in [-0.05, 0) is 53.1 Å². The maximum absolute atomic E-state index is 12.0. The van der Waals surface area contributed by atoms with Gasteiger partial charge in [0, 0.05) is 5.92 Å². The van der Waals surface area contributed by atoms with Gasteiger partial charge in [0.1, 0.15) is 5.60 Å². The first kappa shape index (κ1) is 19.1. The SMILES string of the molecule is CCN(CC)CC(=O)OC(C)(C)C1CC=C(C)CC1.F. The predicted octanol–water partition coefficient (Wildman–Crippen LogP) is 3.55. The van der Waals surface area contributed by atoms with Crippen molar-refractivity contribution in [1.29, 1.82) is 0 Å². The Hall–Kier alpha value is -0.900. The highest BCUT2D eigenvalue weighted by Crippen LogP contribution is 2.34. The number of ether oxygens (including phenoxy) is 1.